The maximum atomic E-state index is 12.8. The Morgan fingerprint density at radius 1 is 1.12 bits per heavy atom. The van der Waals surface area contributed by atoms with Gasteiger partial charge in [0, 0.05) is 32.7 Å². The Morgan fingerprint density at radius 3 is 2.24 bits per heavy atom. The lowest BCUT2D eigenvalue weighted by Crippen LogP contribution is -2.53. The highest BCUT2D eigenvalue weighted by Gasteiger charge is 2.30. The zero-order valence-corrected chi connectivity index (χ0v) is 16.2. The summed E-state index contributed by atoms with van der Waals surface area (Å²) < 4.78 is 27.1. The molecule has 1 aliphatic heterocycles. The minimum atomic E-state index is -3.50. The van der Waals surface area contributed by atoms with E-state index in [-0.39, 0.29) is 6.03 Å². The van der Waals surface area contributed by atoms with Gasteiger partial charge in [0.2, 0.25) is 10.0 Å². The molecule has 0 spiro atoms. The fraction of sp³-hybridized carbons (Fsp3) is 0.611. The Bertz CT molecular complexity index is 665. The molecule has 1 atom stereocenters. The van der Waals surface area contributed by atoms with E-state index in [1.54, 1.807) is 17.0 Å². The van der Waals surface area contributed by atoms with E-state index in [4.69, 9.17) is 0 Å². The van der Waals surface area contributed by atoms with E-state index < -0.39 is 10.0 Å². The van der Waals surface area contributed by atoms with Crippen LogP contribution in [0.2, 0.25) is 0 Å². The molecule has 2 amide bonds. The molecule has 1 aromatic rings. The van der Waals surface area contributed by atoms with Gasteiger partial charge in [0.15, 0.2) is 0 Å². The van der Waals surface area contributed by atoms with Crippen LogP contribution in [0.3, 0.4) is 0 Å². The van der Waals surface area contributed by atoms with Crippen molar-refractivity contribution in [3.05, 3.63) is 29.8 Å². The number of benzene rings is 1. The van der Waals surface area contributed by atoms with Crippen LogP contribution in [0.5, 0.6) is 0 Å². The number of hydrogen-bond donors (Lipinski definition) is 1. The van der Waals surface area contributed by atoms with Crippen molar-refractivity contribution in [1.82, 2.24) is 14.5 Å². The molecule has 0 aromatic heterocycles. The summed E-state index contributed by atoms with van der Waals surface area (Å²) in [6.07, 6.45) is 1.90. The molecule has 25 heavy (non-hydrogen) atoms. The van der Waals surface area contributed by atoms with Gasteiger partial charge in [0.1, 0.15) is 0 Å². The van der Waals surface area contributed by atoms with Crippen LogP contribution in [-0.4, -0.2) is 56.4 Å². The first-order chi connectivity index (χ1) is 11.9. The number of carbonyl (C=O) groups excluding carboxylic acids is 1. The molecular weight excluding hydrogens is 338 g/mol. The van der Waals surface area contributed by atoms with Crippen LogP contribution >= 0.6 is 0 Å². The highest BCUT2D eigenvalue weighted by molar-refractivity contribution is 7.89. The fourth-order valence-electron chi connectivity index (χ4n) is 2.83. The summed E-state index contributed by atoms with van der Waals surface area (Å²) in [7, 11) is -3.50. The zero-order chi connectivity index (χ0) is 18.4. The summed E-state index contributed by atoms with van der Waals surface area (Å²) in [5, 5.41) is 2.83. The molecular formula is C18H29N3O3S. The van der Waals surface area contributed by atoms with Gasteiger partial charge in [-0.2, -0.15) is 4.31 Å². The second kappa shape index (κ2) is 8.67. The van der Waals surface area contributed by atoms with Gasteiger partial charge in [-0.25, -0.2) is 13.2 Å². The van der Waals surface area contributed by atoms with E-state index in [9.17, 15) is 13.2 Å². The van der Waals surface area contributed by atoms with Gasteiger partial charge in [0.25, 0.3) is 0 Å². The third kappa shape index (κ3) is 4.73. The number of nitrogens with zero attached hydrogens (tertiary/aromatic N) is 2. The molecule has 0 saturated carbocycles. The first-order valence-electron chi connectivity index (χ1n) is 9.03. The van der Waals surface area contributed by atoms with Gasteiger partial charge < -0.3 is 10.2 Å². The topological polar surface area (TPSA) is 69.7 Å². The molecule has 7 heteroatoms. The van der Waals surface area contributed by atoms with Gasteiger partial charge in [-0.3, -0.25) is 0 Å². The number of amides is 2. The molecule has 0 aliphatic carbocycles. The van der Waals surface area contributed by atoms with Crippen LogP contribution in [-0.2, 0) is 10.0 Å². The summed E-state index contributed by atoms with van der Waals surface area (Å²) in [6.45, 7) is 8.37. The van der Waals surface area contributed by atoms with Gasteiger partial charge in [-0.1, -0.05) is 32.9 Å². The molecule has 1 aliphatic rings. The minimum absolute atomic E-state index is 0.114. The Morgan fingerprint density at radius 2 is 1.72 bits per heavy atom. The van der Waals surface area contributed by atoms with Crippen molar-refractivity contribution in [3.63, 3.8) is 0 Å². The SMILES string of the molecule is CCCNC(=O)N1CCN(S(=O)(=O)c2ccc(C(C)CC)cc2)CC1. The molecule has 0 radical (unpaired) electrons. The Kier molecular flexibility index (Phi) is 6.84. The standard InChI is InChI=1S/C18H29N3O3S/c1-4-10-19-18(22)20-11-13-21(14-12-20)25(23,24)17-8-6-16(7-9-17)15(3)5-2/h6-9,15H,4-5,10-14H2,1-3H3,(H,19,22). The Hall–Kier alpha value is -1.60. The van der Waals surface area contributed by atoms with E-state index >= 15 is 0 Å². The Labute approximate surface area is 151 Å². The molecule has 1 aromatic carbocycles. The normalized spacial score (nSPS) is 17.3. The molecule has 1 unspecified atom stereocenters. The van der Waals surface area contributed by atoms with Gasteiger partial charge in [0.05, 0.1) is 4.90 Å². The lowest BCUT2D eigenvalue weighted by molar-refractivity contribution is 0.172. The van der Waals surface area contributed by atoms with Crippen molar-refractivity contribution in [1.29, 1.82) is 0 Å². The largest absolute Gasteiger partial charge is 0.338 e. The predicted molar refractivity (Wildman–Crippen MR) is 99.2 cm³/mol. The second-order valence-electron chi connectivity index (χ2n) is 6.50. The number of rotatable bonds is 6. The number of piperazine rings is 1. The monoisotopic (exact) mass is 367 g/mol. The van der Waals surface area contributed by atoms with Crippen molar-refractivity contribution in [2.24, 2.45) is 0 Å². The molecule has 140 valence electrons. The van der Waals surface area contributed by atoms with Crippen LogP contribution in [0.15, 0.2) is 29.2 Å². The maximum absolute atomic E-state index is 12.8. The number of nitrogens with one attached hydrogen (secondary N) is 1. The fourth-order valence-corrected chi connectivity index (χ4v) is 4.25. The van der Waals surface area contributed by atoms with Crippen LogP contribution in [0.1, 0.15) is 45.1 Å². The van der Waals surface area contributed by atoms with E-state index in [2.05, 4.69) is 19.2 Å². The molecule has 6 nitrogen and oxygen atoms in total. The van der Waals surface area contributed by atoms with Gasteiger partial charge in [-0.15, -0.1) is 0 Å². The quantitative estimate of drug-likeness (QED) is 0.840. The molecule has 1 N–H and O–H groups in total. The smallest absolute Gasteiger partial charge is 0.317 e. The summed E-state index contributed by atoms with van der Waals surface area (Å²) in [4.78, 5) is 14.0. The van der Waals surface area contributed by atoms with E-state index in [0.29, 0.717) is 43.5 Å². The first kappa shape index (κ1) is 19.7. The Balaban J connectivity index is 2.00. The van der Waals surface area contributed by atoms with Crippen molar-refractivity contribution in [2.45, 2.75) is 44.4 Å². The average molecular weight is 368 g/mol. The zero-order valence-electron chi connectivity index (χ0n) is 15.4. The second-order valence-corrected chi connectivity index (χ2v) is 8.44. The summed E-state index contributed by atoms with van der Waals surface area (Å²) >= 11 is 0. The molecule has 2 rings (SSSR count). The summed E-state index contributed by atoms with van der Waals surface area (Å²) in [5.41, 5.74) is 1.15. The summed E-state index contributed by atoms with van der Waals surface area (Å²) in [5.74, 6) is 0.418. The van der Waals surface area contributed by atoms with Gasteiger partial charge in [-0.05, 0) is 36.5 Å². The van der Waals surface area contributed by atoms with Gasteiger partial charge >= 0.3 is 6.03 Å². The third-order valence-electron chi connectivity index (χ3n) is 4.75. The molecule has 1 saturated heterocycles. The highest BCUT2D eigenvalue weighted by atomic mass is 32.2. The molecule has 0 bridgehead atoms. The minimum Gasteiger partial charge on any atom is -0.338 e. The lowest BCUT2D eigenvalue weighted by Gasteiger charge is -2.34. The van der Waals surface area contributed by atoms with Crippen LogP contribution in [0, 0.1) is 0 Å². The maximum Gasteiger partial charge on any atom is 0.317 e. The van der Waals surface area contributed by atoms with E-state index in [1.807, 2.05) is 19.1 Å². The predicted octanol–water partition coefficient (Wildman–Crippen LogP) is 2.63. The molecule has 1 heterocycles. The van der Waals surface area contributed by atoms with Crippen molar-refractivity contribution in [3.8, 4) is 0 Å². The van der Waals surface area contributed by atoms with Crippen LogP contribution in [0.25, 0.3) is 0 Å². The third-order valence-corrected chi connectivity index (χ3v) is 6.66. The number of carbonyl (C=O) groups is 1. The first-order valence-corrected chi connectivity index (χ1v) is 10.5. The van der Waals surface area contributed by atoms with Crippen LogP contribution < -0.4 is 5.32 Å². The highest BCUT2D eigenvalue weighted by Crippen LogP contribution is 2.23. The summed E-state index contributed by atoms with van der Waals surface area (Å²) in [6, 6.07) is 7.07. The van der Waals surface area contributed by atoms with Crippen LogP contribution in [0.4, 0.5) is 4.79 Å². The van der Waals surface area contributed by atoms with E-state index in [1.165, 1.54) is 4.31 Å². The average Bonchev–Trinajstić information content (AvgIpc) is 2.65. The number of sulfonamides is 1. The van der Waals surface area contributed by atoms with Crippen molar-refractivity contribution >= 4 is 16.1 Å². The molecule has 1 fully saturated rings. The van der Waals surface area contributed by atoms with Crippen molar-refractivity contribution in [2.75, 3.05) is 32.7 Å². The number of hydrogen-bond acceptors (Lipinski definition) is 3. The lowest BCUT2D eigenvalue weighted by atomic mass is 9.99. The van der Waals surface area contributed by atoms with Crippen molar-refractivity contribution < 1.29 is 13.2 Å². The van der Waals surface area contributed by atoms with E-state index in [0.717, 1.165) is 18.4 Å². The number of urea groups is 1.